The highest BCUT2D eigenvalue weighted by atomic mass is 35.5. The van der Waals surface area contributed by atoms with E-state index in [1.165, 1.54) is 17.3 Å². The Labute approximate surface area is 186 Å². The van der Waals surface area contributed by atoms with Gasteiger partial charge in [0.25, 0.3) is 5.95 Å². The molecule has 31 heavy (non-hydrogen) atoms. The van der Waals surface area contributed by atoms with E-state index in [0.29, 0.717) is 23.1 Å². The number of halogens is 1. The molecule has 9 heteroatoms. The number of hydrogen-bond acceptors (Lipinski definition) is 6. The first kappa shape index (κ1) is 22.5. The molecule has 0 saturated heterocycles. The predicted octanol–water partition coefficient (Wildman–Crippen LogP) is 4.09. The van der Waals surface area contributed by atoms with E-state index >= 15 is 0 Å². The van der Waals surface area contributed by atoms with Gasteiger partial charge in [-0.05, 0) is 44.3 Å². The van der Waals surface area contributed by atoms with Gasteiger partial charge in [0, 0.05) is 11.6 Å². The topological polar surface area (TPSA) is 83.5 Å². The zero-order valence-electron chi connectivity index (χ0n) is 17.5. The van der Waals surface area contributed by atoms with Crippen molar-refractivity contribution in [2.45, 2.75) is 13.0 Å². The molecule has 8 nitrogen and oxygen atoms in total. The fourth-order valence-corrected chi connectivity index (χ4v) is 3.01. The van der Waals surface area contributed by atoms with Gasteiger partial charge in [0.1, 0.15) is 5.75 Å². The van der Waals surface area contributed by atoms with Crippen LogP contribution in [0.5, 0.6) is 5.75 Å². The van der Waals surface area contributed by atoms with E-state index in [-0.39, 0.29) is 12.5 Å². The van der Waals surface area contributed by atoms with Crippen molar-refractivity contribution in [3.8, 4) is 5.75 Å². The van der Waals surface area contributed by atoms with Gasteiger partial charge in [-0.25, -0.2) is 9.78 Å². The maximum atomic E-state index is 13.2. The number of aromatic nitrogens is 3. The number of carbonyl (C=O) groups is 1. The van der Waals surface area contributed by atoms with Crippen molar-refractivity contribution >= 4 is 29.3 Å². The lowest BCUT2D eigenvalue weighted by atomic mass is 10.2. The van der Waals surface area contributed by atoms with Crippen LogP contribution in [-0.4, -0.2) is 53.4 Å². The normalized spacial score (nSPS) is 10.7. The molecule has 0 radical (unpaired) electrons. The van der Waals surface area contributed by atoms with Crippen LogP contribution in [-0.2, 0) is 6.54 Å². The molecule has 0 unspecified atom stereocenters. The molecule has 3 rings (SSSR count). The molecule has 0 aliphatic rings. The van der Waals surface area contributed by atoms with Crippen molar-refractivity contribution in [1.82, 2.24) is 20.1 Å². The summed E-state index contributed by atoms with van der Waals surface area (Å²) in [6, 6.07) is 14.3. The van der Waals surface area contributed by atoms with Crippen molar-refractivity contribution < 1.29 is 9.53 Å². The van der Waals surface area contributed by atoms with E-state index in [9.17, 15) is 4.79 Å². The Morgan fingerprint density at radius 1 is 1.13 bits per heavy atom. The highest BCUT2D eigenvalue weighted by molar-refractivity contribution is 6.31. The Morgan fingerprint density at radius 3 is 2.65 bits per heavy atom. The zero-order valence-corrected chi connectivity index (χ0v) is 18.3. The summed E-state index contributed by atoms with van der Waals surface area (Å²) in [5.74, 6) is 0.739. The Balaban J connectivity index is 1.78. The molecule has 3 aromatic rings. The third kappa shape index (κ3) is 6.91. The van der Waals surface area contributed by atoms with E-state index < -0.39 is 6.03 Å². The number of hydrogen-bond donors (Lipinski definition) is 1. The molecule has 0 spiro atoms. The van der Waals surface area contributed by atoms with Crippen LogP contribution >= 0.6 is 11.6 Å². The Kier molecular flexibility index (Phi) is 8.14. The predicted molar refractivity (Wildman–Crippen MR) is 122 cm³/mol. The van der Waals surface area contributed by atoms with E-state index in [2.05, 4.69) is 25.4 Å². The van der Waals surface area contributed by atoms with Crippen LogP contribution in [0.3, 0.4) is 0 Å². The SMILES string of the molecule is CN(C)CCCOc1ccc(Cl)cc1NC(=O)N(Cc1ccccc1)c1nccnn1. The van der Waals surface area contributed by atoms with E-state index in [1.807, 2.05) is 44.4 Å². The van der Waals surface area contributed by atoms with Crippen LogP contribution in [0.25, 0.3) is 0 Å². The number of rotatable bonds is 9. The average molecular weight is 441 g/mol. The molecular weight excluding hydrogens is 416 g/mol. The van der Waals surface area contributed by atoms with Gasteiger partial charge >= 0.3 is 6.03 Å². The fraction of sp³-hybridized carbons (Fsp3) is 0.273. The third-order valence-corrected chi connectivity index (χ3v) is 4.57. The highest BCUT2D eigenvalue weighted by Crippen LogP contribution is 2.29. The van der Waals surface area contributed by atoms with Gasteiger partial charge in [-0.2, -0.15) is 5.10 Å². The Hall–Kier alpha value is -3.23. The van der Waals surface area contributed by atoms with Crippen LogP contribution in [0.1, 0.15) is 12.0 Å². The summed E-state index contributed by atoms with van der Waals surface area (Å²) in [6.45, 7) is 1.69. The minimum absolute atomic E-state index is 0.194. The molecule has 0 aliphatic carbocycles. The minimum Gasteiger partial charge on any atom is -0.491 e. The van der Waals surface area contributed by atoms with Crippen molar-refractivity contribution in [2.75, 3.05) is 37.5 Å². The molecule has 162 valence electrons. The number of anilines is 2. The first-order valence-electron chi connectivity index (χ1n) is 9.86. The number of ether oxygens (including phenoxy) is 1. The number of urea groups is 1. The molecule has 0 saturated carbocycles. The van der Waals surface area contributed by atoms with Crippen molar-refractivity contribution in [3.05, 3.63) is 71.5 Å². The average Bonchev–Trinajstić information content (AvgIpc) is 2.77. The second-order valence-electron chi connectivity index (χ2n) is 7.09. The maximum absolute atomic E-state index is 13.2. The molecule has 2 amide bonds. The van der Waals surface area contributed by atoms with Crippen LogP contribution < -0.4 is 15.0 Å². The molecule has 0 bridgehead atoms. The number of amides is 2. The summed E-state index contributed by atoms with van der Waals surface area (Å²) in [4.78, 5) is 20.9. The lowest BCUT2D eigenvalue weighted by molar-refractivity contribution is 0.255. The van der Waals surface area contributed by atoms with Crippen LogP contribution in [0, 0.1) is 0 Å². The summed E-state index contributed by atoms with van der Waals surface area (Å²) in [7, 11) is 4.02. The fourth-order valence-electron chi connectivity index (χ4n) is 2.83. The molecule has 1 N–H and O–H groups in total. The third-order valence-electron chi connectivity index (χ3n) is 4.33. The summed E-state index contributed by atoms with van der Waals surface area (Å²) in [6.07, 6.45) is 3.80. The lowest BCUT2D eigenvalue weighted by Gasteiger charge is -2.22. The van der Waals surface area contributed by atoms with Gasteiger partial charge in [0.05, 0.1) is 31.2 Å². The Morgan fingerprint density at radius 2 is 1.94 bits per heavy atom. The number of carbonyl (C=O) groups excluding carboxylic acids is 1. The molecule has 0 aliphatic heterocycles. The summed E-state index contributed by atoms with van der Waals surface area (Å²) in [5.41, 5.74) is 1.40. The molecule has 2 aromatic carbocycles. The largest absolute Gasteiger partial charge is 0.491 e. The van der Waals surface area contributed by atoms with Gasteiger partial charge < -0.3 is 15.0 Å². The number of nitrogens with one attached hydrogen (secondary N) is 1. The van der Waals surface area contributed by atoms with E-state index in [0.717, 1.165) is 18.5 Å². The molecule has 0 fully saturated rings. The Bertz CT molecular complexity index is 972. The first-order chi connectivity index (χ1) is 15.0. The molecular formula is C22H25ClN6O2. The van der Waals surface area contributed by atoms with Crippen molar-refractivity contribution in [1.29, 1.82) is 0 Å². The summed E-state index contributed by atoms with van der Waals surface area (Å²) < 4.78 is 5.89. The van der Waals surface area contributed by atoms with Crippen LogP contribution in [0.15, 0.2) is 60.9 Å². The van der Waals surface area contributed by atoms with Gasteiger partial charge in [-0.1, -0.05) is 41.9 Å². The van der Waals surface area contributed by atoms with Crippen LogP contribution in [0.2, 0.25) is 5.02 Å². The summed E-state index contributed by atoms with van der Waals surface area (Å²) >= 11 is 6.17. The maximum Gasteiger partial charge on any atom is 0.329 e. The van der Waals surface area contributed by atoms with Crippen LogP contribution in [0.4, 0.5) is 16.4 Å². The quantitative estimate of drug-likeness (QED) is 0.504. The second-order valence-corrected chi connectivity index (χ2v) is 7.53. The second kappa shape index (κ2) is 11.2. The van der Waals surface area contributed by atoms with E-state index in [1.54, 1.807) is 18.2 Å². The number of nitrogens with zero attached hydrogens (tertiary/aromatic N) is 5. The van der Waals surface area contributed by atoms with Gasteiger partial charge in [0.15, 0.2) is 0 Å². The van der Waals surface area contributed by atoms with Crippen molar-refractivity contribution in [2.24, 2.45) is 0 Å². The smallest absolute Gasteiger partial charge is 0.329 e. The zero-order chi connectivity index (χ0) is 22.1. The minimum atomic E-state index is -0.419. The lowest BCUT2D eigenvalue weighted by Crippen LogP contribution is -2.36. The summed E-state index contributed by atoms with van der Waals surface area (Å²) in [5, 5.41) is 11.2. The monoisotopic (exact) mass is 440 g/mol. The van der Waals surface area contributed by atoms with E-state index in [4.69, 9.17) is 16.3 Å². The van der Waals surface area contributed by atoms with Crippen molar-refractivity contribution in [3.63, 3.8) is 0 Å². The molecule has 1 aromatic heterocycles. The highest BCUT2D eigenvalue weighted by Gasteiger charge is 2.21. The first-order valence-corrected chi connectivity index (χ1v) is 10.2. The number of benzene rings is 2. The van der Waals surface area contributed by atoms with Gasteiger partial charge in [0.2, 0.25) is 0 Å². The standard InChI is InChI=1S/C22H25ClN6O2/c1-28(2)13-6-14-31-20-10-9-18(23)15-19(20)26-22(30)29(21-24-11-12-25-27-21)16-17-7-4-3-5-8-17/h3-5,7-12,15H,6,13-14,16H2,1-2H3,(H,26,30). The van der Waals surface area contributed by atoms with Gasteiger partial charge in [-0.3, -0.25) is 4.90 Å². The van der Waals surface area contributed by atoms with Gasteiger partial charge in [-0.15, -0.1) is 5.10 Å². The molecule has 1 heterocycles. The molecule has 0 atom stereocenters.